The zero-order chi connectivity index (χ0) is 13.0. The Morgan fingerprint density at radius 2 is 1.44 bits per heavy atom. The van der Waals surface area contributed by atoms with Gasteiger partial charge in [-0.25, -0.2) is 0 Å². The van der Waals surface area contributed by atoms with Crippen molar-refractivity contribution in [2.45, 2.75) is 13.0 Å². The van der Waals surface area contributed by atoms with Crippen LogP contribution in [0.3, 0.4) is 0 Å². The van der Waals surface area contributed by atoms with Crippen LogP contribution in [0.1, 0.15) is 18.6 Å². The van der Waals surface area contributed by atoms with Gasteiger partial charge in [-0.05, 0) is 35.7 Å². The van der Waals surface area contributed by atoms with Crippen molar-refractivity contribution in [3.63, 3.8) is 0 Å². The molecule has 0 spiro atoms. The molecule has 2 heteroatoms. The predicted octanol–water partition coefficient (Wildman–Crippen LogP) is 4.73. The fourth-order valence-corrected chi connectivity index (χ4v) is 2.07. The first kappa shape index (κ1) is 13.1. The summed E-state index contributed by atoms with van der Waals surface area (Å²) in [7, 11) is 0. The van der Waals surface area contributed by atoms with Crippen LogP contribution in [0.15, 0.2) is 65.2 Å². The van der Waals surface area contributed by atoms with Crippen LogP contribution >= 0.6 is 15.9 Å². The number of hydrogen-bond donors (Lipinski definition) is 1. The molecule has 0 amide bonds. The molecule has 0 saturated carbocycles. The van der Waals surface area contributed by atoms with E-state index in [4.69, 9.17) is 0 Å². The normalized spacial score (nSPS) is 12.8. The quantitative estimate of drug-likeness (QED) is 0.813. The molecule has 0 fully saturated rings. The highest BCUT2D eigenvalue weighted by molar-refractivity contribution is 9.10. The SMILES string of the molecule is CC=CC(O)c1ccc(-c2ccc(Br)cc2)cc1. The average Bonchev–Trinajstić information content (AvgIpc) is 2.40. The second kappa shape index (κ2) is 5.98. The lowest BCUT2D eigenvalue weighted by atomic mass is 10.0. The van der Waals surface area contributed by atoms with Gasteiger partial charge in [-0.2, -0.15) is 0 Å². The number of halogens is 1. The monoisotopic (exact) mass is 302 g/mol. The van der Waals surface area contributed by atoms with Crippen LogP contribution in [0.4, 0.5) is 0 Å². The van der Waals surface area contributed by atoms with Gasteiger partial charge in [0.25, 0.3) is 0 Å². The summed E-state index contributed by atoms with van der Waals surface area (Å²) in [5, 5.41) is 9.83. The van der Waals surface area contributed by atoms with Gasteiger partial charge in [-0.3, -0.25) is 0 Å². The lowest BCUT2D eigenvalue weighted by Gasteiger charge is -2.07. The van der Waals surface area contributed by atoms with Crippen molar-refractivity contribution >= 4 is 15.9 Å². The Labute approximate surface area is 116 Å². The van der Waals surface area contributed by atoms with Crippen molar-refractivity contribution in [3.05, 3.63) is 70.7 Å². The standard InChI is InChI=1S/C16H15BrO/c1-2-3-16(18)14-6-4-12(5-7-14)13-8-10-15(17)11-9-13/h2-11,16,18H,1H3. The van der Waals surface area contributed by atoms with Crippen LogP contribution in [-0.2, 0) is 0 Å². The first-order chi connectivity index (χ1) is 8.70. The molecule has 0 aliphatic heterocycles. The molecule has 92 valence electrons. The molecule has 0 aliphatic carbocycles. The molecule has 0 aliphatic rings. The summed E-state index contributed by atoms with van der Waals surface area (Å²) in [6.45, 7) is 1.90. The van der Waals surface area contributed by atoms with Crippen molar-refractivity contribution in [1.29, 1.82) is 0 Å². The molecule has 0 aromatic heterocycles. The van der Waals surface area contributed by atoms with E-state index in [1.165, 1.54) is 5.56 Å². The molecule has 2 aromatic carbocycles. The van der Waals surface area contributed by atoms with Crippen molar-refractivity contribution in [3.8, 4) is 11.1 Å². The van der Waals surface area contributed by atoms with Crippen LogP contribution in [0.5, 0.6) is 0 Å². The molecule has 0 bridgehead atoms. The van der Waals surface area contributed by atoms with E-state index in [1.807, 2.05) is 49.4 Å². The van der Waals surface area contributed by atoms with Gasteiger partial charge in [-0.15, -0.1) is 0 Å². The van der Waals surface area contributed by atoms with Crippen LogP contribution in [0.25, 0.3) is 11.1 Å². The van der Waals surface area contributed by atoms with Gasteiger partial charge in [0, 0.05) is 4.47 Å². The Morgan fingerprint density at radius 1 is 0.944 bits per heavy atom. The zero-order valence-electron chi connectivity index (χ0n) is 10.2. The minimum Gasteiger partial charge on any atom is -0.384 e. The summed E-state index contributed by atoms with van der Waals surface area (Å²) in [5.74, 6) is 0. The molecular formula is C16H15BrO. The predicted molar refractivity (Wildman–Crippen MR) is 79.4 cm³/mol. The number of hydrogen-bond acceptors (Lipinski definition) is 1. The molecule has 0 saturated heterocycles. The van der Waals surface area contributed by atoms with Gasteiger partial charge in [0.15, 0.2) is 0 Å². The van der Waals surface area contributed by atoms with Crippen molar-refractivity contribution in [1.82, 2.24) is 0 Å². The topological polar surface area (TPSA) is 20.2 Å². The number of benzene rings is 2. The molecule has 0 radical (unpaired) electrons. The fraction of sp³-hybridized carbons (Fsp3) is 0.125. The second-order valence-corrected chi connectivity index (χ2v) is 5.02. The van der Waals surface area contributed by atoms with E-state index in [-0.39, 0.29) is 0 Å². The van der Waals surface area contributed by atoms with E-state index in [0.717, 1.165) is 15.6 Å². The minimum atomic E-state index is -0.519. The van der Waals surface area contributed by atoms with Crippen LogP contribution in [-0.4, -0.2) is 5.11 Å². The highest BCUT2D eigenvalue weighted by atomic mass is 79.9. The smallest absolute Gasteiger partial charge is 0.0971 e. The third-order valence-corrected chi connectivity index (χ3v) is 3.33. The fourth-order valence-electron chi connectivity index (χ4n) is 1.81. The third kappa shape index (κ3) is 3.09. The van der Waals surface area contributed by atoms with Gasteiger partial charge in [0.1, 0.15) is 0 Å². The Kier molecular flexibility index (Phi) is 4.34. The van der Waals surface area contributed by atoms with Gasteiger partial charge in [0.2, 0.25) is 0 Å². The maximum absolute atomic E-state index is 9.83. The summed E-state index contributed by atoms with van der Waals surface area (Å²) in [5.41, 5.74) is 3.23. The molecular weight excluding hydrogens is 288 g/mol. The first-order valence-electron chi connectivity index (χ1n) is 5.87. The Bertz CT molecular complexity index is 526. The van der Waals surface area contributed by atoms with E-state index in [2.05, 4.69) is 28.1 Å². The number of allylic oxidation sites excluding steroid dienone is 1. The molecule has 1 N–H and O–H groups in total. The van der Waals surface area contributed by atoms with Gasteiger partial charge < -0.3 is 5.11 Å². The second-order valence-electron chi connectivity index (χ2n) is 4.10. The average molecular weight is 303 g/mol. The summed E-state index contributed by atoms with van der Waals surface area (Å²) < 4.78 is 1.08. The summed E-state index contributed by atoms with van der Waals surface area (Å²) in [6, 6.07) is 16.2. The van der Waals surface area contributed by atoms with Gasteiger partial charge in [0.05, 0.1) is 6.10 Å². The third-order valence-electron chi connectivity index (χ3n) is 2.80. The van der Waals surface area contributed by atoms with Gasteiger partial charge >= 0.3 is 0 Å². The molecule has 1 atom stereocenters. The van der Waals surface area contributed by atoms with E-state index in [1.54, 1.807) is 6.08 Å². The highest BCUT2D eigenvalue weighted by Crippen LogP contribution is 2.24. The number of aliphatic hydroxyl groups excluding tert-OH is 1. The van der Waals surface area contributed by atoms with Crippen LogP contribution in [0, 0.1) is 0 Å². The van der Waals surface area contributed by atoms with E-state index >= 15 is 0 Å². The molecule has 1 nitrogen and oxygen atoms in total. The Hall–Kier alpha value is -1.38. The maximum Gasteiger partial charge on any atom is 0.0971 e. The Morgan fingerprint density at radius 3 is 1.94 bits per heavy atom. The molecule has 18 heavy (non-hydrogen) atoms. The highest BCUT2D eigenvalue weighted by Gasteiger charge is 2.03. The summed E-state index contributed by atoms with van der Waals surface area (Å²) >= 11 is 3.43. The summed E-state index contributed by atoms with van der Waals surface area (Å²) in [4.78, 5) is 0. The molecule has 2 aromatic rings. The lowest BCUT2D eigenvalue weighted by Crippen LogP contribution is -1.92. The van der Waals surface area contributed by atoms with Crippen LogP contribution < -0.4 is 0 Å². The minimum absolute atomic E-state index is 0.519. The molecule has 2 rings (SSSR count). The largest absolute Gasteiger partial charge is 0.384 e. The van der Waals surface area contributed by atoms with E-state index in [0.29, 0.717) is 0 Å². The molecule has 1 unspecified atom stereocenters. The van der Waals surface area contributed by atoms with Crippen molar-refractivity contribution in [2.75, 3.05) is 0 Å². The number of aliphatic hydroxyl groups is 1. The summed E-state index contributed by atoms with van der Waals surface area (Å²) in [6.07, 6.45) is 3.11. The van der Waals surface area contributed by atoms with E-state index in [9.17, 15) is 5.11 Å². The zero-order valence-corrected chi connectivity index (χ0v) is 11.8. The number of rotatable bonds is 3. The molecule has 0 heterocycles. The van der Waals surface area contributed by atoms with Gasteiger partial charge in [-0.1, -0.05) is 64.5 Å². The van der Waals surface area contributed by atoms with Crippen molar-refractivity contribution < 1.29 is 5.11 Å². The van der Waals surface area contributed by atoms with Crippen molar-refractivity contribution in [2.24, 2.45) is 0 Å². The maximum atomic E-state index is 9.83. The Balaban J connectivity index is 2.24. The van der Waals surface area contributed by atoms with E-state index < -0.39 is 6.10 Å². The van der Waals surface area contributed by atoms with Crippen LogP contribution in [0.2, 0.25) is 0 Å². The first-order valence-corrected chi connectivity index (χ1v) is 6.67. The lowest BCUT2D eigenvalue weighted by molar-refractivity contribution is 0.228.